The van der Waals surface area contributed by atoms with E-state index in [2.05, 4.69) is 45.1 Å². The summed E-state index contributed by atoms with van der Waals surface area (Å²) in [5.41, 5.74) is 1.41. The molecule has 1 atom stereocenters. The number of amides is 1. The number of ether oxygens (including phenoxy) is 1. The minimum atomic E-state index is -0.407. The van der Waals surface area contributed by atoms with Gasteiger partial charge in [-0.1, -0.05) is 34.1 Å². The van der Waals surface area contributed by atoms with E-state index in [9.17, 15) is 4.79 Å². The molecule has 0 N–H and O–H groups in total. The molecule has 2 aliphatic heterocycles. The lowest BCUT2D eigenvalue weighted by Crippen LogP contribution is -2.58. The Labute approximate surface area is 177 Å². The monoisotopic (exact) mass is 448 g/mol. The summed E-state index contributed by atoms with van der Waals surface area (Å²) in [6, 6.07) is 9.38. The summed E-state index contributed by atoms with van der Waals surface area (Å²) < 4.78 is 6.78. The molecule has 1 saturated carbocycles. The number of benzene rings is 1. The first-order valence-corrected chi connectivity index (χ1v) is 11.5. The highest BCUT2D eigenvalue weighted by Crippen LogP contribution is 2.48. The number of piperidine rings is 1. The summed E-state index contributed by atoms with van der Waals surface area (Å²) >= 11 is 3.72. The molecule has 1 unspecified atom stereocenters. The highest BCUT2D eigenvalue weighted by molar-refractivity contribution is 9.10. The van der Waals surface area contributed by atoms with Gasteiger partial charge in [-0.05, 0) is 83.5 Å². The van der Waals surface area contributed by atoms with E-state index in [1.54, 1.807) is 0 Å². The second-order valence-corrected chi connectivity index (χ2v) is 10.9. The van der Waals surface area contributed by atoms with E-state index >= 15 is 0 Å². The number of hydrogen-bond acceptors (Lipinski definition) is 3. The Hall–Kier alpha value is -1.07. The van der Waals surface area contributed by atoms with Crippen molar-refractivity contribution < 1.29 is 9.53 Å². The molecular weight excluding hydrogens is 416 g/mol. The minimum Gasteiger partial charge on any atom is -0.444 e. The lowest BCUT2D eigenvalue weighted by Gasteiger charge is -2.48. The lowest BCUT2D eigenvalue weighted by molar-refractivity contribution is -0.0347. The number of hydrogen-bond donors (Lipinski definition) is 0. The molecule has 154 valence electrons. The molecule has 2 heterocycles. The van der Waals surface area contributed by atoms with E-state index in [1.807, 2.05) is 25.7 Å². The fourth-order valence-electron chi connectivity index (χ4n) is 5.38. The van der Waals surface area contributed by atoms with E-state index in [1.165, 1.54) is 55.2 Å². The first-order valence-electron chi connectivity index (χ1n) is 10.7. The smallest absolute Gasteiger partial charge is 0.410 e. The van der Waals surface area contributed by atoms with Gasteiger partial charge in [0, 0.05) is 29.0 Å². The van der Waals surface area contributed by atoms with Crippen LogP contribution in [-0.4, -0.2) is 53.7 Å². The molecule has 3 fully saturated rings. The van der Waals surface area contributed by atoms with Gasteiger partial charge in [0.2, 0.25) is 0 Å². The highest BCUT2D eigenvalue weighted by Gasteiger charge is 2.51. The summed E-state index contributed by atoms with van der Waals surface area (Å²) in [5, 5.41) is 0. The Kier molecular flexibility index (Phi) is 5.51. The number of likely N-dealkylation sites (tertiary alicyclic amines) is 2. The second kappa shape index (κ2) is 7.64. The van der Waals surface area contributed by atoms with Crippen LogP contribution in [0.3, 0.4) is 0 Å². The van der Waals surface area contributed by atoms with E-state index in [0.29, 0.717) is 17.4 Å². The number of nitrogens with zero attached hydrogens (tertiary/aromatic N) is 2. The molecule has 2 saturated heterocycles. The largest absolute Gasteiger partial charge is 0.444 e. The van der Waals surface area contributed by atoms with Crippen LogP contribution in [0.25, 0.3) is 0 Å². The van der Waals surface area contributed by atoms with Crippen LogP contribution in [0.2, 0.25) is 0 Å². The van der Waals surface area contributed by atoms with Crippen molar-refractivity contribution in [2.24, 2.45) is 5.41 Å². The summed E-state index contributed by atoms with van der Waals surface area (Å²) in [5.74, 6) is 0.675. The van der Waals surface area contributed by atoms with E-state index in [4.69, 9.17) is 4.74 Å². The molecule has 1 spiro atoms. The maximum atomic E-state index is 12.3. The first kappa shape index (κ1) is 20.2. The van der Waals surface area contributed by atoms with E-state index in [-0.39, 0.29) is 6.09 Å². The fraction of sp³-hybridized carbons (Fsp3) is 0.696. The number of carbonyl (C=O) groups excluding carboxylic acids is 1. The van der Waals surface area contributed by atoms with Crippen molar-refractivity contribution in [3.63, 3.8) is 0 Å². The van der Waals surface area contributed by atoms with Gasteiger partial charge in [0.15, 0.2) is 0 Å². The minimum absolute atomic E-state index is 0.143. The first-order chi connectivity index (χ1) is 13.2. The van der Waals surface area contributed by atoms with Crippen LogP contribution in [-0.2, 0) is 4.74 Å². The predicted octanol–water partition coefficient (Wildman–Crippen LogP) is 5.42. The third-order valence-electron chi connectivity index (χ3n) is 6.77. The zero-order valence-corrected chi connectivity index (χ0v) is 19.0. The molecule has 3 aliphatic rings. The molecule has 4 rings (SSSR count). The van der Waals surface area contributed by atoms with Crippen LogP contribution in [0.15, 0.2) is 28.7 Å². The van der Waals surface area contributed by atoms with Gasteiger partial charge in [0.25, 0.3) is 0 Å². The molecule has 0 radical (unpaired) electrons. The Morgan fingerprint density at radius 1 is 1.14 bits per heavy atom. The van der Waals surface area contributed by atoms with Gasteiger partial charge in [0.1, 0.15) is 5.60 Å². The standard InChI is InChI=1S/C23H33BrN2O2/c1-22(2,3)28-21(27)26-15-23(16-26)11-8-18(14-23)25-12-9-17(10-13-25)19-6-4-5-7-20(19)24/h4-7,17-18H,8-16H2,1-3H3. The predicted molar refractivity (Wildman–Crippen MR) is 116 cm³/mol. The topological polar surface area (TPSA) is 32.8 Å². The highest BCUT2D eigenvalue weighted by atomic mass is 79.9. The molecule has 28 heavy (non-hydrogen) atoms. The molecule has 0 bridgehead atoms. The van der Waals surface area contributed by atoms with Crippen molar-refractivity contribution in [1.29, 1.82) is 0 Å². The van der Waals surface area contributed by atoms with Gasteiger partial charge in [-0.3, -0.25) is 0 Å². The SMILES string of the molecule is CC(C)(C)OC(=O)N1CC2(CCC(N3CCC(c4ccccc4Br)CC3)C2)C1. The second-order valence-electron chi connectivity index (χ2n) is 10.1. The Morgan fingerprint density at radius 2 is 1.82 bits per heavy atom. The van der Waals surface area contributed by atoms with Crippen molar-refractivity contribution in [2.75, 3.05) is 26.2 Å². The van der Waals surface area contributed by atoms with Crippen molar-refractivity contribution in [3.8, 4) is 0 Å². The van der Waals surface area contributed by atoms with Crippen LogP contribution in [0.1, 0.15) is 64.4 Å². The van der Waals surface area contributed by atoms with Crippen LogP contribution in [0, 0.1) is 5.41 Å². The third kappa shape index (κ3) is 4.25. The average Bonchev–Trinajstić information content (AvgIpc) is 3.05. The third-order valence-corrected chi connectivity index (χ3v) is 7.49. The Balaban J connectivity index is 1.26. The molecule has 1 aromatic rings. The van der Waals surface area contributed by atoms with Gasteiger partial charge >= 0.3 is 6.09 Å². The summed E-state index contributed by atoms with van der Waals surface area (Å²) in [4.78, 5) is 16.9. The van der Waals surface area contributed by atoms with Crippen molar-refractivity contribution in [2.45, 2.75) is 70.4 Å². The normalized spacial score (nSPS) is 25.7. The zero-order chi connectivity index (χ0) is 19.9. The fourth-order valence-corrected chi connectivity index (χ4v) is 5.98. The number of halogens is 1. The van der Waals surface area contributed by atoms with Crippen LogP contribution in [0.4, 0.5) is 4.79 Å². The summed E-state index contributed by atoms with van der Waals surface area (Å²) in [6.07, 6.45) is 6.12. The average molecular weight is 449 g/mol. The number of carbonyl (C=O) groups is 1. The Bertz CT molecular complexity index is 716. The van der Waals surface area contributed by atoms with Crippen LogP contribution < -0.4 is 0 Å². The maximum Gasteiger partial charge on any atom is 0.410 e. The molecular formula is C23H33BrN2O2. The molecule has 4 nitrogen and oxygen atoms in total. The molecule has 1 aliphatic carbocycles. The van der Waals surface area contributed by atoms with E-state index in [0.717, 1.165) is 13.1 Å². The van der Waals surface area contributed by atoms with Crippen molar-refractivity contribution in [1.82, 2.24) is 9.80 Å². The number of rotatable bonds is 2. The molecule has 5 heteroatoms. The van der Waals surface area contributed by atoms with Gasteiger partial charge in [0.05, 0.1) is 0 Å². The van der Waals surface area contributed by atoms with Crippen molar-refractivity contribution in [3.05, 3.63) is 34.3 Å². The summed E-state index contributed by atoms with van der Waals surface area (Å²) in [6.45, 7) is 9.96. The van der Waals surface area contributed by atoms with Gasteiger partial charge < -0.3 is 14.5 Å². The van der Waals surface area contributed by atoms with E-state index < -0.39 is 5.60 Å². The maximum absolute atomic E-state index is 12.3. The molecule has 1 aromatic carbocycles. The molecule has 0 aromatic heterocycles. The Morgan fingerprint density at radius 3 is 2.46 bits per heavy atom. The van der Waals surface area contributed by atoms with Crippen molar-refractivity contribution >= 4 is 22.0 Å². The molecule has 1 amide bonds. The van der Waals surface area contributed by atoms with Gasteiger partial charge in [-0.25, -0.2) is 4.79 Å². The lowest BCUT2D eigenvalue weighted by atomic mass is 9.78. The zero-order valence-electron chi connectivity index (χ0n) is 17.4. The summed E-state index contributed by atoms with van der Waals surface area (Å²) in [7, 11) is 0. The van der Waals surface area contributed by atoms with Gasteiger partial charge in [-0.15, -0.1) is 0 Å². The van der Waals surface area contributed by atoms with Crippen LogP contribution >= 0.6 is 15.9 Å². The van der Waals surface area contributed by atoms with Crippen LogP contribution in [0.5, 0.6) is 0 Å². The van der Waals surface area contributed by atoms with Gasteiger partial charge in [-0.2, -0.15) is 0 Å². The quantitative estimate of drug-likeness (QED) is 0.605.